The monoisotopic (exact) mass is 540 g/mol. The summed E-state index contributed by atoms with van der Waals surface area (Å²) in [6.07, 6.45) is 7.52. The Balaban J connectivity index is 1.34. The van der Waals surface area contributed by atoms with Crippen LogP contribution in [0, 0.1) is 45.3 Å². The average molecular weight is 541 g/mol. The van der Waals surface area contributed by atoms with E-state index in [0.29, 0.717) is 43.7 Å². The molecule has 0 amide bonds. The van der Waals surface area contributed by atoms with Gasteiger partial charge in [-0.05, 0) is 85.2 Å². The number of hydrogen-bond donors (Lipinski definition) is 0. The number of Topliss-reactive ketones (excluding diaryl/α,β-unsaturated/α-hetero) is 1. The second kappa shape index (κ2) is 5.29. The summed E-state index contributed by atoms with van der Waals surface area (Å²) in [5.74, 6) is 3.16. The van der Waals surface area contributed by atoms with E-state index in [9.17, 15) is 4.79 Å². The number of carbonyl (C=O) groups excluding carboxylic acids is 1. The minimum Gasteiger partial charge on any atom is -0.411 e. The molecular weight excluding hydrogens is 499 g/mol. The summed E-state index contributed by atoms with van der Waals surface area (Å²) < 4.78 is 7.80. The summed E-state index contributed by atoms with van der Waals surface area (Å²) >= 11 is 2.73. The minimum absolute atomic E-state index is 0.00547. The van der Waals surface area contributed by atoms with E-state index in [1.165, 1.54) is 32.1 Å². The lowest BCUT2D eigenvalue weighted by Crippen LogP contribution is -2.63. The molecule has 4 bridgehead atoms. The zero-order valence-corrected chi connectivity index (χ0v) is 23.5. The fraction of sp³-hybridized carbons (Fsp3) is 0.962. The third-order valence-electron chi connectivity index (χ3n) is 12.7. The Labute approximate surface area is 198 Å². The van der Waals surface area contributed by atoms with Gasteiger partial charge in [0.1, 0.15) is 5.78 Å². The van der Waals surface area contributed by atoms with Crippen LogP contribution in [-0.2, 0) is 9.22 Å². The van der Waals surface area contributed by atoms with E-state index >= 15 is 0 Å². The van der Waals surface area contributed by atoms with Gasteiger partial charge in [-0.2, -0.15) is 0 Å². The quantitative estimate of drug-likeness (QED) is 0.214. The lowest BCUT2D eigenvalue weighted by atomic mass is 9.41. The van der Waals surface area contributed by atoms with Gasteiger partial charge in [-0.15, -0.1) is 0 Å². The molecule has 0 heterocycles. The van der Waals surface area contributed by atoms with Crippen LogP contribution in [0.1, 0.15) is 80.1 Å². The molecule has 1 unspecified atom stereocenters. The Morgan fingerprint density at radius 3 is 2.30 bits per heavy atom. The fourth-order valence-corrected chi connectivity index (χ4v) is 13.5. The molecular formula is C26H41IO2Si. The van der Waals surface area contributed by atoms with Crippen LogP contribution in [0.25, 0.3) is 0 Å². The summed E-state index contributed by atoms with van der Waals surface area (Å²) in [5, 5.41) is 0.268. The first-order valence-corrected chi connectivity index (χ1v) is 16.7. The highest BCUT2D eigenvalue weighted by atomic mass is 127. The Kier molecular flexibility index (Phi) is 3.73. The largest absolute Gasteiger partial charge is 0.411 e. The topological polar surface area (TPSA) is 26.3 Å². The van der Waals surface area contributed by atoms with Gasteiger partial charge in [0.05, 0.1) is 5.60 Å². The van der Waals surface area contributed by atoms with Crippen molar-refractivity contribution in [2.75, 3.05) is 0 Å². The number of fused-ring (bicyclic) bond motifs is 3. The van der Waals surface area contributed by atoms with Crippen molar-refractivity contribution < 1.29 is 9.22 Å². The maximum absolute atomic E-state index is 13.7. The van der Waals surface area contributed by atoms with Gasteiger partial charge in [0, 0.05) is 20.7 Å². The van der Waals surface area contributed by atoms with Gasteiger partial charge in [-0.3, -0.25) is 4.79 Å². The number of hydrogen-bond acceptors (Lipinski definition) is 2. The standard InChI is InChI=1S/C26H41IO2Si/c1-21(2,3)30(7,8)29-25-12-11-22(4)16(23(25,5)14-25)9-10-26-17(22)13-15-18(19(26)28)24(15,6)20(26)27/h15-18,20H,9-14H2,1-8H3/t15-,16+,17+,18?,20+,22-,23+,24-,25+,26+/m0/s1. The van der Waals surface area contributed by atoms with Gasteiger partial charge < -0.3 is 4.43 Å². The molecule has 7 aliphatic carbocycles. The van der Waals surface area contributed by atoms with Crippen molar-refractivity contribution in [3.63, 3.8) is 0 Å². The number of ketones is 1. The van der Waals surface area contributed by atoms with Gasteiger partial charge in [0.2, 0.25) is 0 Å². The van der Waals surface area contributed by atoms with Crippen LogP contribution in [0.5, 0.6) is 0 Å². The van der Waals surface area contributed by atoms with Crippen molar-refractivity contribution in [1.29, 1.82) is 0 Å². The van der Waals surface area contributed by atoms with Crippen LogP contribution in [0.2, 0.25) is 18.1 Å². The van der Waals surface area contributed by atoms with Crippen molar-refractivity contribution in [2.45, 2.75) is 108 Å². The normalized spacial score (nSPS) is 60.6. The minimum atomic E-state index is -1.78. The van der Waals surface area contributed by atoms with Crippen LogP contribution in [0.4, 0.5) is 0 Å². The fourth-order valence-electron chi connectivity index (χ4n) is 9.92. The van der Waals surface area contributed by atoms with Gasteiger partial charge >= 0.3 is 0 Å². The van der Waals surface area contributed by atoms with E-state index in [1.807, 2.05) is 0 Å². The maximum Gasteiger partial charge on any atom is 0.192 e. The predicted molar refractivity (Wildman–Crippen MR) is 132 cm³/mol. The first kappa shape index (κ1) is 21.1. The van der Waals surface area contributed by atoms with Gasteiger partial charge in [0.25, 0.3) is 0 Å². The molecule has 1 spiro atoms. The molecule has 0 aromatic heterocycles. The first-order chi connectivity index (χ1) is 13.6. The molecule has 0 N–H and O–H groups in total. The summed E-state index contributed by atoms with van der Waals surface area (Å²) in [6.45, 7) is 19.6. The summed E-state index contributed by atoms with van der Waals surface area (Å²) in [6, 6.07) is 0. The van der Waals surface area contributed by atoms with Crippen LogP contribution in [0.3, 0.4) is 0 Å². The van der Waals surface area contributed by atoms with E-state index in [0.717, 1.165) is 12.3 Å². The Hall–Kier alpha value is 0.577. The maximum atomic E-state index is 13.7. The van der Waals surface area contributed by atoms with Crippen molar-refractivity contribution in [2.24, 2.45) is 45.3 Å². The Bertz CT molecular complexity index is 864. The third kappa shape index (κ3) is 1.95. The number of carbonyl (C=O) groups is 1. The summed E-state index contributed by atoms with van der Waals surface area (Å²) in [5.41, 5.74) is 1.13. The Morgan fingerprint density at radius 1 is 1.07 bits per heavy atom. The smallest absolute Gasteiger partial charge is 0.192 e. The van der Waals surface area contributed by atoms with E-state index in [1.54, 1.807) is 0 Å². The summed E-state index contributed by atoms with van der Waals surface area (Å²) in [7, 11) is -1.78. The van der Waals surface area contributed by atoms with E-state index < -0.39 is 8.32 Å². The third-order valence-corrected chi connectivity index (χ3v) is 19.7. The number of rotatable bonds is 2. The van der Waals surface area contributed by atoms with E-state index in [4.69, 9.17) is 4.43 Å². The lowest BCUT2D eigenvalue weighted by molar-refractivity contribution is -0.170. The molecule has 0 saturated heterocycles. The molecule has 0 aromatic carbocycles. The highest BCUT2D eigenvalue weighted by Gasteiger charge is 2.88. The molecule has 4 heteroatoms. The highest BCUT2D eigenvalue weighted by Crippen LogP contribution is 2.87. The SMILES string of the molecule is CC(C)(C)[Si](C)(C)O[C@@]12CC[C@]3(C)[C@H]4C[C@H]5C6C(=O)[C@]4(CC[C@H]3[C@@]1(C)C2)[C@H](I)[C@]65C. The van der Waals surface area contributed by atoms with Crippen LogP contribution in [-0.4, -0.2) is 23.6 Å². The number of alkyl halides is 1. The molecule has 0 radical (unpaired) electrons. The molecule has 2 nitrogen and oxygen atoms in total. The molecule has 7 aliphatic rings. The van der Waals surface area contributed by atoms with Gasteiger partial charge in [0.15, 0.2) is 8.32 Å². The molecule has 7 rings (SSSR count). The van der Waals surface area contributed by atoms with E-state index in [2.05, 4.69) is 77.2 Å². The predicted octanol–water partition coefficient (Wildman–Crippen LogP) is 7.01. The molecule has 0 aromatic rings. The molecule has 168 valence electrons. The Morgan fingerprint density at radius 2 is 1.73 bits per heavy atom. The first-order valence-electron chi connectivity index (χ1n) is 12.5. The van der Waals surface area contributed by atoms with Gasteiger partial charge in [-0.25, -0.2) is 0 Å². The molecule has 10 atom stereocenters. The van der Waals surface area contributed by atoms with Crippen molar-refractivity contribution in [3.8, 4) is 0 Å². The summed E-state index contributed by atoms with van der Waals surface area (Å²) in [4.78, 5) is 13.7. The van der Waals surface area contributed by atoms with Crippen LogP contribution < -0.4 is 0 Å². The zero-order chi connectivity index (χ0) is 21.9. The number of halogens is 1. The van der Waals surface area contributed by atoms with E-state index in [-0.39, 0.29) is 16.1 Å². The molecule has 0 aliphatic heterocycles. The second-order valence-electron chi connectivity index (χ2n) is 14.6. The lowest BCUT2D eigenvalue weighted by Gasteiger charge is -2.64. The molecule has 30 heavy (non-hydrogen) atoms. The molecule has 7 saturated carbocycles. The molecule has 7 fully saturated rings. The van der Waals surface area contributed by atoms with Crippen LogP contribution in [0.15, 0.2) is 0 Å². The average Bonchev–Trinajstić information content (AvgIpc) is 3.42. The van der Waals surface area contributed by atoms with Gasteiger partial charge in [-0.1, -0.05) is 64.1 Å². The highest BCUT2D eigenvalue weighted by molar-refractivity contribution is 14.1. The second-order valence-corrected chi connectivity index (χ2v) is 20.5. The van der Waals surface area contributed by atoms with Crippen molar-refractivity contribution >= 4 is 36.7 Å². The zero-order valence-electron chi connectivity index (χ0n) is 20.3. The van der Waals surface area contributed by atoms with Crippen molar-refractivity contribution in [3.05, 3.63) is 0 Å². The van der Waals surface area contributed by atoms with Crippen molar-refractivity contribution in [1.82, 2.24) is 0 Å². The van der Waals surface area contributed by atoms with Crippen LogP contribution >= 0.6 is 22.6 Å².